The van der Waals surface area contributed by atoms with Crippen molar-refractivity contribution in [1.82, 2.24) is 0 Å². The van der Waals surface area contributed by atoms with Crippen molar-refractivity contribution in [3.63, 3.8) is 0 Å². The number of amides is 1. The molecule has 0 saturated heterocycles. The first kappa shape index (κ1) is 19.0. The maximum absolute atomic E-state index is 12.5. The van der Waals surface area contributed by atoms with Gasteiger partial charge in [0, 0.05) is 21.8 Å². The fourth-order valence-corrected chi connectivity index (χ4v) is 3.22. The molecule has 8 heteroatoms. The lowest BCUT2D eigenvalue weighted by atomic mass is 9.98. The number of carbonyl (C=O) groups is 2. The van der Waals surface area contributed by atoms with Gasteiger partial charge < -0.3 is 24.6 Å². The van der Waals surface area contributed by atoms with Crippen molar-refractivity contribution in [2.45, 2.75) is 18.6 Å². The van der Waals surface area contributed by atoms with Crippen molar-refractivity contribution < 1.29 is 28.9 Å². The van der Waals surface area contributed by atoms with Crippen molar-refractivity contribution in [2.75, 3.05) is 19.5 Å². The van der Waals surface area contributed by atoms with Crippen LogP contribution in [0.2, 0.25) is 5.02 Å². The number of aliphatic carboxylic acids is 1. The van der Waals surface area contributed by atoms with Gasteiger partial charge in [-0.15, -0.1) is 0 Å². The Bertz CT molecular complexity index is 884. The van der Waals surface area contributed by atoms with Crippen LogP contribution in [0.15, 0.2) is 36.4 Å². The molecule has 0 aromatic heterocycles. The van der Waals surface area contributed by atoms with E-state index in [1.54, 1.807) is 36.4 Å². The molecule has 2 aromatic rings. The predicted octanol–water partition coefficient (Wildman–Crippen LogP) is 3.26. The summed E-state index contributed by atoms with van der Waals surface area (Å²) in [7, 11) is 3.01. The van der Waals surface area contributed by atoms with Gasteiger partial charge in [-0.1, -0.05) is 23.7 Å². The first-order valence-corrected chi connectivity index (χ1v) is 8.50. The molecule has 0 saturated carbocycles. The number of para-hydroxylation sites is 1. The van der Waals surface area contributed by atoms with Crippen LogP contribution in [0.5, 0.6) is 11.5 Å². The van der Waals surface area contributed by atoms with E-state index < -0.39 is 30.5 Å². The Morgan fingerprint density at radius 3 is 2.67 bits per heavy atom. The monoisotopic (exact) mass is 391 g/mol. The smallest absolute Gasteiger partial charge is 0.306 e. The number of hydrogen-bond acceptors (Lipinski definition) is 5. The van der Waals surface area contributed by atoms with Gasteiger partial charge in [0.2, 0.25) is 0 Å². The van der Waals surface area contributed by atoms with Crippen molar-refractivity contribution in [2.24, 2.45) is 0 Å². The molecule has 3 rings (SSSR count). The van der Waals surface area contributed by atoms with Crippen molar-refractivity contribution in [3.05, 3.63) is 52.5 Å². The fraction of sp³-hybridized carbons (Fsp3) is 0.263. The second kappa shape index (κ2) is 7.85. The van der Waals surface area contributed by atoms with Gasteiger partial charge in [0.15, 0.2) is 11.5 Å². The molecule has 2 unspecified atom stereocenters. The summed E-state index contributed by atoms with van der Waals surface area (Å²) < 4.78 is 16.8. The average molecular weight is 392 g/mol. The number of halogens is 1. The zero-order chi connectivity index (χ0) is 19.6. The van der Waals surface area contributed by atoms with Crippen LogP contribution in [-0.2, 0) is 14.3 Å². The van der Waals surface area contributed by atoms with Gasteiger partial charge in [0.05, 0.1) is 20.6 Å². The molecule has 0 radical (unpaired) electrons. The molecule has 1 amide bonds. The molecule has 0 spiro atoms. The van der Waals surface area contributed by atoms with Gasteiger partial charge >= 0.3 is 5.97 Å². The molecule has 2 atom stereocenters. The molecule has 0 fully saturated rings. The molecule has 1 aliphatic heterocycles. The van der Waals surface area contributed by atoms with Crippen LogP contribution in [0.1, 0.15) is 23.7 Å². The minimum atomic E-state index is -1.19. The van der Waals surface area contributed by atoms with E-state index in [-0.39, 0.29) is 0 Å². The summed E-state index contributed by atoms with van der Waals surface area (Å²) in [5.41, 5.74) is 1.68. The summed E-state index contributed by atoms with van der Waals surface area (Å²) in [6.07, 6.45) is -2.45. The molecule has 1 heterocycles. The molecule has 27 heavy (non-hydrogen) atoms. The van der Waals surface area contributed by atoms with E-state index in [1.165, 1.54) is 14.2 Å². The number of methoxy groups -OCH3 is 2. The lowest BCUT2D eigenvalue weighted by Gasteiger charge is -2.23. The highest BCUT2D eigenvalue weighted by Crippen LogP contribution is 2.43. The molecule has 0 bridgehead atoms. The molecule has 2 aromatic carbocycles. The maximum Gasteiger partial charge on any atom is 0.306 e. The van der Waals surface area contributed by atoms with Crippen LogP contribution >= 0.6 is 11.6 Å². The largest absolute Gasteiger partial charge is 0.493 e. The number of fused-ring (bicyclic) bond motifs is 1. The third-order valence-corrected chi connectivity index (χ3v) is 4.46. The zero-order valence-corrected chi connectivity index (χ0v) is 15.4. The van der Waals surface area contributed by atoms with Gasteiger partial charge in [0.1, 0.15) is 12.2 Å². The lowest BCUT2D eigenvalue weighted by molar-refractivity contribution is -0.146. The lowest BCUT2D eigenvalue weighted by Crippen LogP contribution is -2.31. The number of carboxylic acid groups (broad SMARTS) is 1. The molecule has 7 nitrogen and oxygen atoms in total. The van der Waals surface area contributed by atoms with Crippen LogP contribution in [0.4, 0.5) is 5.69 Å². The van der Waals surface area contributed by atoms with Gasteiger partial charge in [-0.2, -0.15) is 0 Å². The molecular formula is C19H18ClNO6. The summed E-state index contributed by atoms with van der Waals surface area (Å²) in [6, 6.07) is 10.2. The Labute approximate surface area is 160 Å². The molecule has 1 aliphatic rings. The SMILES string of the molecule is COc1cccc(C2OC(CC(=O)O)C(=O)Nc3ccc(Cl)cc32)c1OC. The van der Waals surface area contributed by atoms with Crippen LogP contribution in [0.25, 0.3) is 0 Å². The van der Waals surface area contributed by atoms with Gasteiger partial charge in [-0.25, -0.2) is 0 Å². The van der Waals surface area contributed by atoms with E-state index in [1.807, 2.05) is 0 Å². The van der Waals surface area contributed by atoms with Crippen LogP contribution < -0.4 is 14.8 Å². The Morgan fingerprint density at radius 2 is 2.00 bits per heavy atom. The topological polar surface area (TPSA) is 94.1 Å². The average Bonchev–Trinajstić information content (AvgIpc) is 2.77. The second-order valence-electron chi connectivity index (χ2n) is 5.91. The minimum Gasteiger partial charge on any atom is -0.493 e. The fourth-order valence-electron chi connectivity index (χ4n) is 3.04. The summed E-state index contributed by atoms with van der Waals surface area (Å²) in [5, 5.41) is 12.3. The highest BCUT2D eigenvalue weighted by molar-refractivity contribution is 6.30. The zero-order valence-electron chi connectivity index (χ0n) is 14.7. The summed E-state index contributed by atoms with van der Waals surface area (Å²) >= 11 is 6.15. The minimum absolute atomic E-state index is 0.430. The number of carboxylic acids is 1. The summed E-state index contributed by atoms with van der Waals surface area (Å²) in [4.78, 5) is 23.7. The van der Waals surface area contributed by atoms with E-state index in [0.717, 1.165) is 0 Å². The number of benzene rings is 2. The van der Waals surface area contributed by atoms with E-state index in [2.05, 4.69) is 5.32 Å². The van der Waals surface area contributed by atoms with Gasteiger partial charge in [0.25, 0.3) is 5.91 Å². The molecule has 142 valence electrons. The Kier molecular flexibility index (Phi) is 5.53. The van der Waals surface area contributed by atoms with E-state index >= 15 is 0 Å². The number of ether oxygens (including phenoxy) is 3. The molecule has 2 N–H and O–H groups in total. The highest BCUT2D eigenvalue weighted by Gasteiger charge is 2.35. The number of anilines is 1. The van der Waals surface area contributed by atoms with Crippen LogP contribution in [-0.4, -0.2) is 37.3 Å². The first-order valence-electron chi connectivity index (χ1n) is 8.13. The Balaban J connectivity index is 2.18. The van der Waals surface area contributed by atoms with Crippen molar-refractivity contribution >= 4 is 29.2 Å². The van der Waals surface area contributed by atoms with Crippen molar-refractivity contribution in [1.29, 1.82) is 0 Å². The van der Waals surface area contributed by atoms with E-state index in [0.29, 0.717) is 33.3 Å². The third kappa shape index (κ3) is 3.84. The normalized spacial score (nSPS) is 18.9. The van der Waals surface area contributed by atoms with Gasteiger partial charge in [-0.05, 0) is 24.3 Å². The number of rotatable bonds is 5. The second-order valence-corrected chi connectivity index (χ2v) is 6.34. The number of carbonyl (C=O) groups excluding carboxylic acids is 1. The predicted molar refractivity (Wildman–Crippen MR) is 98.6 cm³/mol. The summed E-state index contributed by atoms with van der Waals surface area (Å²) in [6.45, 7) is 0. The molecular weight excluding hydrogens is 374 g/mol. The van der Waals surface area contributed by atoms with Crippen LogP contribution in [0.3, 0.4) is 0 Å². The van der Waals surface area contributed by atoms with Crippen molar-refractivity contribution in [3.8, 4) is 11.5 Å². The third-order valence-electron chi connectivity index (χ3n) is 4.22. The standard InChI is InChI=1S/C19H18ClNO6/c1-25-14-5-3-4-11(18(14)26-2)17-12-8-10(20)6-7-13(12)21-19(24)15(27-17)9-16(22)23/h3-8,15,17H,9H2,1-2H3,(H,21,24)(H,22,23). The number of nitrogens with one attached hydrogen (secondary N) is 1. The molecule has 0 aliphatic carbocycles. The van der Waals surface area contributed by atoms with E-state index in [4.69, 9.17) is 30.9 Å². The van der Waals surface area contributed by atoms with Crippen LogP contribution in [0, 0.1) is 0 Å². The maximum atomic E-state index is 12.5. The highest BCUT2D eigenvalue weighted by atomic mass is 35.5. The number of hydrogen-bond donors (Lipinski definition) is 2. The first-order chi connectivity index (χ1) is 12.9. The van der Waals surface area contributed by atoms with Gasteiger partial charge in [-0.3, -0.25) is 9.59 Å². The Hall–Kier alpha value is -2.77. The summed E-state index contributed by atoms with van der Waals surface area (Å²) in [5.74, 6) is -0.763. The van der Waals surface area contributed by atoms with E-state index in [9.17, 15) is 9.59 Å². The quantitative estimate of drug-likeness (QED) is 0.812. The Morgan fingerprint density at radius 1 is 1.22 bits per heavy atom.